The average Bonchev–Trinajstić information content (AvgIpc) is 2.25. The van der Waals surface area contributed by atoms with Crippen LogP contribution in [0.4, 0.5) is 0 Å². The number of nitrogens with one attached hydrogen (secondary N) is 1. The van der Waals surface area contributed by atoms with Gasteiger partial charge in [0, 0.05) is 6.54 Å². The fourth-order valence-corrected chi connectivity index (χ4v) is 2.03. The summed E-state index contributed by atoms with van der Waals surface area (Å²) >= 11 is 0. The Morgan fingerprint density at radius 2 is 1.88 bits per heavy atom. The molecule has 2 unspecified atom stereocenters. The second-order valence-electron chi connectivity index (χ2n) is 5.11. The lowest BCUT2D eigenvalue weighted by molar-refractivity contribution is -0.0784. The molecule has 0 aromatic rings. The molecule has 0 bridgehead atoms. The second kappa shape index (κ2) is 9.00. The van der Waals surface area contributed by atoms with Crippen LogP contribution in [-0.4, -0.2) is 25.3 Å². The Morgan fingerprint density at radius 3 is 2.38 bits per heavy atom. The standard InChI is InChI=1S/C14H31NO/c1-6-8-9-10-11-13(3)16-14(4,7-2)12-15-5/h13,15H,6-12H2,1-5H3. The zero-order chi connectivity index (χ0) is 12.4. The number of rotatable bonds is 10. The first-order chi connectivity index (χ1) is 7.58. The minimum atomic E-state index is -0.00107. The normalized spacial score (nSPS) is 17.1. The topological polar surface area (TPSA) is 21.3 Å². The number of hydrogen-bond donors (Lipinski definition) is 1. The smallest absolute Gasteiger partial charge is 0.0779 e. The van der Waals surface area contributed by atoms with Crippen LogP contribution in [0, 0.1) is 0 Å². The Labute approximate surface area is 102 Å². The molecule has 2 nitrogen and oxygen atoms in total. The maximum absolute atomic E-state index is 6.15. The lowest BCUT2D eigenvalue weighted by Gasteiger charge is -2.32. The van der Waals surface area contributed by atoms with Gasteiger partial charge in [0.05, 0.1) is 11.7 Å². The van der Waals surface area contributed by atoms with E-state index in [1.54, 1.807) is 0 Å². The van der Waals surface area contributed by atoms with Gasteiger partial charge in [-0.25, -0.2) is 0 Å². The summed E-state index contributed by atoms with van der Waals surface area (Å²) in [5, 5.41) is 3.22. The van der Waals surface area contributed by atoms with Crippen molar-refractivity contribution in [3.63, 3.8) is 0 Å². The highest BCUT2D eigenvalue weighted by atomic mass is 16.5. The first kappa shape index (κ1) is 15.9. The lowest BCUT2D eigenvalue weighted by Crippen LogP contribution is -2.41. The van der Waals surface area contributed by atoms with Gasteiger partial charge in [0.2, 0.25) is 0 Å². The molecule has 0 spiro atoms. The third kappa shape index (κ3) is 7.24. The number of hydrogen-bond acceptors (Lipinski definition) is 2. The van der Waals surface area contributed by atoms with Gasteiger partial charge in [-0.3, -0.25) is 0 Å². The SMILES string of the molecule is CCCCCCC(C)OC(C)(CC)CNC. The van der Waals surface area contributed by atoms with E-state index < -0.39 is 0 Å². The van der Waals surface area contributed by atoms with Gasteiger partial charge in [-0.05, 0) is 33.7 Å². The van der Waals surface area contributed by atoms with E-state index >= 15 is 0 Å². The maximum Gasteiger partial charge on any atom is 0.0779 e. The van der Waals surface area contributed by atoms with Crippen molar-refractivity contribution >= 4 is 0 Å². The fraction of sp³-hybridized carbons (Fsp3) is 1.00. The van der Waals surface area contributed by atoms with Crippen LogP contribution in [0.5, 0.6) is 0 Å². The zero-order valence-electron chi connectivity index (χ0n) is 11.9. The molecule has 0 saturated carbocycles. The Hall–Kier alpha value is -0.0800. The van der Waals surface area contributed by atoms with Gasteiger partial charge in [-0.1, -0.05) is 39.5 Å². The van der Waals surface area contributed by atoms with Gasteiger partial charge in [-0.15, -0.1) is 0 Å². The number of likely N-dealkylation sites (N-methyl/N-ethyl adjacent to an activating group) is 1. The van der Waals surface area contributed by atoms with E-state index in [2.05, 4.69) is 33.0 Å². The highest BCUT2D eigenvalue weighted by molar-refractivity contribution is 4.76. The molecule has 0 fully saturated rings. The van der Waals surface area contributed by atoms with Gasteiger partial charge in [0.25, 0.3) is 0 Å². The van der Waals surface area contributed by atoms with E-state index in [1.807, 2.05) is 7.05 Å². The highest BCUT2D eigenvalue weighted by Crippen LogP contribution is 2.19. The Bertz CT molecular complexity index is 161. The summed E-state index contributed by atoms with van der Waals surface area (Å²) in [6.45, 7) is 9.78. The minimum Gasteiger partial charge on any atom is -0.371 e. The maximum atomic E-state index is 6.15. The molecule has 2 atom stereocenters. The van der Waals surface area contributed by atoms with Gasteiger partial charge in [-0.2, -0.15) is 0 Å². The summed E-state index contributed by atoms with van der Waals surface area (Å²) in [4.78, 5) is 0. The van der Waals surface area contributed by atoms with Gasteiger partial charge in [0.15, 0.2) is 0 Å². The summed E-state index contributed by atoms with van der Waals surface area (Å²) in [7, 11) is 1.99. The van der Waals surface area contributed by atoms with E-state index in [0.29, 0.717) is 6.10 Å². The van der Waals surface area contributed by atoms with Crippen molar-refractivity contribution < 1.29 is 4.74 Å². The van der Waals surface area contributed by atoms with Gasteiger partial charge >= 0.3 is 0 Å². The van der Waals surface area contributed by atoms with Crippen molar-refractivity contribution in [2.24, 2.45) is 0 Å². The molecule has 0 rings (SSSR count). The summed E-state index contributed by atoms with van der Waals surface area (Å²) in [6.07, 6.45) is 7.95. The molecule has 0 aromatic carbocycles. The van der Waals surface area contributed by atoms with Crippen molar-refractivity contribution in [2.45, 2.75) is 77.9 Å². The van der Waals surface area contributed by atoms with Crippen molar-refractivity contribution in [1.29, 1.82) is 0 Å². The molecule has 0 amide bonds. The van der Waals surface area contributed by atoms with Crippen LogP contribution in [0.2, 0.25) is 0 Å². The molecule has 0 heterocycles. The molecule has 1 N–H and O–H groups in total. The Balaban J connectivity index is 3.77. The molecule has 0 radical (unpaired) electrons. The molecule has 2 heteroatoms. The second-order valence-corrected chi connectivity index (χ2v) is 5.11. The van der Waals surface area contributed by atoms with Gasteiger partial charge in [0.1, 0.15) is 0 Å². The van der Waals surface area contributed by atoms with Crippen LogP contribution >= 0.6 is 0 Å². The van der Waals surface area contributed by atoms with Crippen molar-refractivity contribution in [3.05, 3.63) is 0 Å². The third-order valence-electron chi connectivity index (χ3n) is 3.25. The zero-order valence-corrected chi connectivity index (χ0v) is 11.9. The third-order valence-corrected chi connectivity index (χ3v) is 3.25. The summed E-state index contributed by atoms with van der Waals surface area (Å²) in [6, 6.07) is 0. The highest BCUT2D eigenvalue weighted by Gasteiger charge is 2.24. The largest absolute Gasteiger partial charge is 0.371 e. The molecular formula is C14H31NO. The van der Waals surface area contributed by atoms with Crippen molar-refractivity contribution in [2.75, 3.05) is 13.6 Å². The molecule has 16 heavy (non-hydrogen) atoms. The molecule has 0 aliphatic rings. The van der Waals surface area contributed by atoms with Crippen molar-refractivity contribution in [1.82, 2.24) is 5.32 Å². The number of ether oxygens (including phenoxy) is 1. The monoisotopic (exact) mass is 229 g/mol. The molecule has 0 aromatic heterocycles. The summed E-state index contributed by atoms with van der Waals surface area (Å²) in [5.74, 6) is 0. The molecule has 98 valence electrons. The van der Waals surface area contributed by atoms with E-state index in [0.717, 1.165) is 13.0 Å². The Kier molecular flexibility index (Phi) is 8.96. The lowest BCUT2D eigenvalue weighted by atomic mass is 10.0. The van der Waals surface area contributed by atoms with Crippen LogP contribution in [0.25, 0.3) is 0 Å². The first-order valence-electron chi connectivity index (χ1n) is 6.90. The fourth-order valence-electron chi connectivity index (χ4n) is 2.03. The van der Waals surface area contributed by atoms with Crippen LogP contribution in [0.15, 0.2) is 0 Å². The quantitative estimate of drug-likeness (QED) is 0.576. The van der Waals surface area contributed by atoms with Crippen LogP contribution < -0.4 is 5.32 Å². The molecular weight excluding hydrogens is 198 g/mol. The molecule has 0 aliphatic carbocycles. The Morgan fingerprint density at radius 1 is 1.19 bits per heavy atom. The van der Waals surface area contributed by atoms with Crippen LogP contribution in [0.3, 0.4) is 0 Å². The molecule has 0 saturated heterocycles. The summed E-state index contributed by atoms with van der Waals surface area (Å²) in [5.41, 5.74) is -0.00107. The van der Waals surface area contributed by atoms with E-state index in [9.17, 15) is 0 Å². The average molecular weight is 229 g/mol. The summed E-state index contributed by atoms with van der Waals surface area (Å²) < 4.78 is 6.15. The predicted molar refractivity (Wildman–Crippen MR) is 71.9 cm³/mol. The van der Waals surface area contributed by atoms with E-state index in [1.165, 1.54) is 32.1 Å². The van der Waals surface area contributed by atoms with E-state index in [-0.39, 0.29) is 5.60 Å². The van der Waals surface area contributed by atoms with Crippen molar-refractivity contribution in [3.8, 4) is 0 Å². The number of unbranched alkanes of at least 4 members (excludes halogenated alkanes) is 3. The predicted octanol–water partition coefficient (Wildman–Crippen LogP) is 3.75. The van der Waals surface area contributed by atoms with E-state index in [4.69, 9.17) is 4.74 Å². The molecule has 0 aliphatic heterocycles. The van der Waals surface area contributed by atoms with Gasteiger partial charge < -0.3 is 10.1 Å². The minimum absolute atomic E-state index is 0.00107. The van der Waals surface area contributed by atoms with Crippen LogP contribution in [-0.2, 0) is 4.74 Å². The van der Waals surface area contributed by atoms with Crippen LogP contribution in [0.1, 0.15) is 66.2 Å². The first-order valence-corrected chi connectivity index (χ1v) is 6.90.